The molecule has 1 aromatic heterocycles. The molecule has 2 rings (SSSR count). The average Bonchev–Trinajstić information content (AvgIpc) is 2.65. The van der Waals surface area contributed by atoms with E-state index in [1.54, 1.807) is 0 Å². The smallest absolute Gasteiger partial charge is 0.253 e. The number of nitrogens with two attached hydrogens (primary N) is 1. The van der Waals surface area contributed by atoms with Gasteiger partial charge < -0.3 is 10.2 Å². The van der Waals surface area contributed by atoms with Gasteiger partial charge in [-0.15, -0.1) is 10.2 Å². The highest BCUT2D eigenvalue weighted by atomic mass is 19.1. The minimum Gasteiger partial charge on any atom is -0.420 e. The Labute approximate surface area is 94.3 Å². The van der Waals surface area contributed by atoms with E-state index in [0.717, 1.165) is 0 Å². The van der Waals surface area contributed by atoms with Crippen molar-refractivity contribution in [2.45, 2.75) is 6.42 Å². The molecule has 0 fully saturated rings. The molecule has 4 nitrogen and oxygen atoms in total. The molecule has 7 heteroatoms. The molecule has 0 saturated heterocycles. The highest BCUT2D eigenvalue weighted by Gasteiger charge is 2.19. The van der Waals surface area contributed by atoms with Crippen LogP contribution < -0.4 is 5.73 Å². The van der Waals surface area contributed by atoms with Gasteiger partial charge in [0, 0.05) is 25.1 Å². The fraction of sp³-hybridized carbons (Fsp3) is 0.200. The number of nitrogens with zero attached hydrogens (tertiary/aromatic N) is 2. The third-order valence-electron chi connectivity index (χ3n) is 2.05. The van der Waals surface area contributed by atoms with Gasteiger partial charge in [0.15, 0.2) is 0 Å². The first-order chi connectivity index (χ1) is 8.11. The Hall–Kier alpha value is -1.89. The van der Waals surface area contributed by atoms with Crippen LogP contribution in [0.1, 0.15) is 5.89 Å². The predicted octanol–water partition coefficient (Wildman–Crippen LogP) is 1.66. The van der Waals surface area contributed by atoms with Crippen molar-refractivity contribution in [2.75, 3.05) is 6.54 Å². The number of halogens is 3. The zero-order valence-corrected chi connectivity index (χ0v) is 8.58. The lowest BCUT2D eigenvalue weighted by Crippen LogP contribution is -2.02. The summed E-state index contributed by atoms with van der Waals surface area (Å²) in [6.45, 7) is 0.274. The molecule has 90 valence electrons. The van der Waals surface area contributed by atoms with Gasteiger partial charge >= 0.3 is 0 Å². The standard InChI is InChI=1S/C10H8F3N3O/c11-5-3-6(12)9(7(13)4-5)10-16-15-8(17-10)1-2-14/h3-4H,1-2,14H2. The van der Waals surface area contributed by atoms with Crippen molar-refractivity contribution >= 4 is 0 Å². The van der Waals surface area contributed by atoms with E-state index >= 15 is 0 Å². The maximum absolute atomic E-state index is 13.4. The molecule has 1 heterocycles. The number of hydrogen-bond acceptors (Lipinski definition) is 4. The van der Waals surface area contributed by atoms with Gasteiger partial charge in [-0.1, -0.05) is 0 Å². The largest absolute Gasteiger partial charge is 0.420 e. The van der Waals surface area contributed by atoms with E-state index < -0.39 is 23.0 Å². The number of rotatable bonds is 3. The molecule has 0 atom stereocenters. The summed E-state index contributed by atoms with van der Waals surface area (Å²) < 4.78 is 44.4. The molecule has 0 bridgehead atoms. The van der Waals surface area contributed by atoms with Crippen LogP contribution in [0.5, 0.6) is 0 Å². The molecule has 0 saturated carbocycles. The van der Waals surface area contributed by atoms with Gasteiger partial charge in [-0.05, 0) is 0 Å². The number of benzene rings is 1. The van der Waals surface area contributed by atoms with E-state index in [4.69, 9.17) is 10.2 Å². The summed E-state index contributed by atoms with van der Waals surface area (Å²) in [6, 6.07) is 1.09. The van der Waals surface area contributed by atoms with Crippen molar-refractivity contribution in [3.8, 4) is 11.5 Å². The van der Waals surface area contributed by atoms with Crippen LogP contribution >= 0.6 is 0 Å². The molecule has 2 N–H and O–H groups in total. The van der Waals surface area contributed by atoms with Crippen LogP contribution in [-0.2, 0) is 6.42 Å². The summed E-state index contributed by atoms with van der Waals surface area (Å²) in [7, 11) is 0. The monoisotopic (exact) mass is 243 g/mol. The van der Waals surface area contributed by atoms with Gasteiger partial charge in [0.25, 0.3) is 5.89 Å². The second-order valence-electron chi connectivity index (χ2n) is 3.28. The lowest BCUT2D eigenvalue weighted by Gasteiger charge is -1.99. The molecule has 2 aromatic rings. The summed E-state index contributed by atoms with van der Waals surface area (Å²) in [5, 5.41) is 7.04. The van der Waals surface area contributed by atoms with Crippen LogP contribution in [0.25, 0.3) is 11.5 Å². The lowest BCUT2D eigenvalue weighted by molar-refractivity contribution is 0.492. The van der Waals surface area contributed by atoms with Crippen molar-refractivity contribution in [2.24, 2.45) is 5.73 Å². The number of aromatic nitrogens is 2. The first-order valence-corrected chi connectivity index (χ1v) is 4.79. The van der Waals surface area contributed by atoms with E-state index in [1.165, 1.54) is 0 Å². The third-order valence-corrected chi connectivity index (χ3v) is 2.05. The van der Waals surface area contributed by atoms with Gasteiger partial charge in [0.05, 0.1) is 0 Å². The van der Waals surface area contributed by atoms with Crippen molar-refractivity contribution < 1.29 is 17.6 Å². The minimum absolute atomic E-state index is 0.172. The van der Waals surface area contributed by atoms with Crippen molar-refractivity contribution in [3.63, 3.8) is 0 Å². The molecule has 0 radical (unpaired) electrons. The van der Waals surface area contributed by atoms with Crippen LogP contribution in [-0.4, -0.2) is 16.7 Å². The highest BCUT2D eigenvalue weighted by molar-refractivity contribution is 5.54. The Bertz CT molecular complexity index is 518. The SMILES string of the molecule is NCCc1nnc(-c2c(F)cc(F)cc2F)o1. The van der Waals surface area contributed by atoms with Crippen LogP contribution in [0.2, 0.25) is 0 Å². The molecule has 0 aliphatic rings. The molecule has 0 amide bonds. The molecule has 0 unspecified atom stereocenters. The first kappa shape index (κ1) is 11.6. The van der Waals surface area contributed by atoms with Crippen molar-refractivity contribution in [1.29, 1.82) is 0 Å². The predicted molar refractivity (Wildman–Crippen MR) is 52.4 cm³/mol. The van der Waals surface area contributed by atoms with Crippen molar-refractivity contribution in [1.82, 2.24) is 10.2 Å². The summed E-state index contributed by atoms with van der Waals surface area (Å²) in [5.74, 6) is -3.35. The molecule has 1 aromatic carbocycles. The van der Waals surface area contributed by atoms with Crippen LogP contribution in [0.3, 0.4) is 0 Å². The van der Waals surface area contributed by atoms with Gasteiger partial charge in [-0.25, -0.2) is 13.2 Å². The first-order valence-electron chi connectivity index (χ1n) is 4.79. The van der Waals surface area contributed by atoms with E-state index in [2.05, 4.69) is 10.2 Å². The second kappa shape index (κ2) is 4.54. The quantitative estimate of drug-likeness (QED) is 0.890. The molecule has 0 spiro atoms. The van der Waals surface area contributed by atoms with Crippen LogP contribution in [0.15, 0.2) is 16.5 Å². The van der Waals surface area contributed by atoms with Crippen LogP contribution in [0.4, 0.5) is 13.2 Å². The molecule has 17 heavy (non-hydrogen) atoms. The zero-order valence-electron chi connectivity index (χ0n) is 8.58. The topological polar surface area (TPSA) is 64.9 Å². The van der Waals surface area contributed by atoms with E-state index in [9.17, 15) is 13.2 Å². The fourth-order valence-corrected chi connectivity index (χ4v) is 1.33. The summed E-state index contributed by atoms with van der Waals surface area (Å²) in [4.78, 5) is 0. The zero-order chi connectivity index (χ0) is 12.4. The van der Waals surface area contributed by atoms with E-state index in [-0.39, 0.29) is 18.3 Å². The van der Waals surface area contributed by atoms with Crippen molar-refractivity contribution in [3.05, 3.63) is 35.5 Å². The normalized spacial score (nSPS) is 10.8. The van der Waals surface area contributed by atoms with E-state index in [1.807, 2.05) is 0 Å². The Balaban J connectivity index is 2.45. The molecule has 0 aliphatic heterocycles. The Morgan fingerprint density at radius 2 is 1.76 bits per heavy atom. The Morgan fingerprint density at radius 1 is 1.12 bits per heavy atom. The Kier molecular flexibility index (Phi) is 3.10. The van der Waals surface area contributed by atoms with E-state index in [0.29, 0.717) is 18.6 Å². The van der Waals surface area contributed by atoms with Gasteiger partial charge in [-0.3, -0.25) is 0 Å². The molecule has 0 aliphatic carbocycles. The van der Waals surface area contributed by atoms with Crippen LogP contribution in [0, 0.1) is 17.5 Å². The molecular weight excluding hydrogens is 235 g/mol. The Morgan fingerprint density at radius 3 is 2.35 bits per heavy atom. The highest BCUT2D eigenvalue weighted by Crippen LogP contribution is 2.25. The maximum Gasteiger partial charge on any atom is 0.253 e. The van der Waals surface area contributed by atoms with Gasteiger partial charge in [-0.2, -0.15) is 0 Å². The summed E-state index contributed by atoms with van der Waals surface area (Å²) in [6.07, 6.45) is 0.303. The lowest BCUT2D eigenvalue weighted by atomic mass is 10.2. The number of hydrogen-bond donors (Lipinski definition) is 1. The molecular formula is C10H8F3N3O. The fourth-order valence-electron chi connectivity index (χ4n) is 1.33. The average molecular weight is 243 g/mol. The minimum atomic E-state index is -1.09. The van der Waals surface area contributed by atoms with Gasteiger partial charge in [0.2, 0.25) is 5.89 Å². The van der Waals surface area contributed by atoms with Gasteiger partial charge in [0.1, 0.15) is 23.0 Å². The summed E-state index contributed by atoms with van der Waals surface area (Å²) >= 11 is 0. The maximum atomic E-state index is 13.4. The summed E-state index contributed by atoms with van der Waals surface area (Å²) in [5.41, 5.74) is 4.72. The third kappa shape index (κ3) is 2.28. The second-order valence-corrected chi connectivity index (χ2v) is 3.28.